The van der Waals surface area contributed by atoms with Crippen LogP contribution >= 0.6 is 0 Å². The summed E-state index contributed by atoms with van der Waals surface area (Å²) in [6, 6.07) is 10.2. The Balaban J connectivity index is 1.97. The molecule has 0 bridgehead atoms. The molecule has 1 N–H and O–H groups in total. The van der Waals surface area contributed by atoms with Gasteiger partial charge >= 0.3 is 5.97 Å². The van der Waals surface area contributed by atoms with Crippen molar-refractivity contribution in [3.8, 4) is 0 Å². The summed E-state index contributed by atoms with van der Waals surface area (Å²) in [5, 5.41) is 9.94. The SMILES string of the molecule is COC(=O)CCCCCCC/C=C\C=C\[C@@H](O)CCc1ccccc1. The van der Waals surface area contributed by atoms with Crippen molar-refractivity contribution in [2.45, 2.75) is 63.9 Å². The maximum absolute atomic E-state index is 11.0. The van der Waals surface area contributed by atoms with Crippen LogP contribution in [0.4, 0.5) is 0 Å². The van der Waals surface area contributed by atoms with Gasteiger partial charge in [0.15, 0.2) is 0 Å². The summed E-state index contributed by atoms with van der Waals surface area (Å²) in [6.07, 6.45) is 16.3. The van der Waals surface area contributed by atoms with Gasteiger partial charge in [-0.15, -0.1) is 0 Å². The van der Waals surface area contributed by atoms with Crippen molar-refractivity contribution in [2.24, 2.45) is 0 Å². The van der Waals surface area contributed by atoms with E-state index < -0.39 is 0 Å². The van der Waals surface area contributed by atoms with Crippen molar-refractivity contribution in [1.82, 2.24) is 0 Å². The molecule has 0 amide bonds. The Bertz CT molecular complexity index is 505. The van der Waals surface area contributed by atoms with Crippen LogP contribution in [0.3, 0.4) is 0 Å². The Kier molecular flexibility index (Phi) is 12.3. The topological polar surface area (TPSA) is 46.5 Å². The van der Waals surface area contributed by atoms with Crippen LogP contribution in [0, 0.1) is 0 Å². The first kappa shape index (κ1) is 21.2. The van der Waals surface area contributed by atoms with Gasteiger partial charge in [-0.1, -0.05) is 73.9 Å². The predicted octanol–water partition coefficient (Wildman–Crippen LogP) is 5.00. The second-order valence-electron chi connectivity index (χ2n) is 6.29. The summed E-state index contributed by atoms with van der Waals surface area (Å²) >= 11 is 0. The number of unbranched alkanes of at least 4 members (excludes halogenated alkanes) is 5. The number of allylic oxidation sites excluding steroid dienone is 3. The number of esters is 1. The molecule has 0 fully saturated rings. The van der Waals surface area contributed by atoms with E-state index in [0.29, 0.717) is 6.42 Å². The van der Waals surface area contributed by atoms with Gasteiger partial charge in [0.25, 0.3) is 0 Å². The van der Waals surface area contributed by atoms with Crippen LogP contribution in [0.5, 0.6) is 0 Å². The summed E-state index contributed by atoms with van der Waals surface area (Å²) in [4.78, 5) is 11.0. The summed E-state index contributed by atoms with van der Waals surface area (Å²) in [5.41, 5.74) is 1.26. The van der Waals surface area contributed by atoms with Gasteiger partial charge in [0.1, 0.15) is 0 Å². The van der Waals surface area contributed by atoms with Gasteiger partial charge in [0, 0.05) is 6.42 Å². The molecule has 1 rings (SSSR count). The number of hydrogen-bond acceptors (Lipinski definition) is 3. The van der Waals surface area contributed by atoms with E-state index in [0.717, 1.165) is 32.1 Å². The van der Waals surface area contributed by atoms with Crippen LogP contribution in [0.1, 0.15) is 56.9 Å². The number of rotatable bonds is 13. The predicted molar refractivity (Wildman–Crippen MR) is 103 cm³/mol. The Morgan fingerprint density at radius 2 is 1.80 bits per heavy atom. The van der Waals surface area contributed by atoms with Gasteiger partial charge < -0.3 is 9.84 Å². The summed E-state index contributed by atoms with van der Waals surface area (Å²) < 4.78 is 4.61. The van der Waals surface area contributed by atoms with Crippen molar-refractivity contribution in [2.75, 3.05) is 7.11 Å². The quantitative estimate of drug-likeness (QED) is 0.311. The first-order valence-electron chi connectivity index (χ1n) is 9.34. The standard InChI is InChI=1S/C22H32O3/c1-25-22(24)17-13-8-6-4-2-3-5-7-12-16-21(23)19-18-20-14-10-9-11-15-20/h5,7,9-12,14-16,21,23H,2-4,6,8,13,17-19H2,1H3/b7-5-,16-12+/t21-/m1/s1. The number of aryl methyl sites for hydroxylation is 1. The molecule has 0 aliphatic rings. The molecule has 0 spiro atoms. The van der Waals surface area contributed by atoms with Gasteiger partial charge in [-0.25, -0.2) is 0 Å². The molecule has 0 aliphatic heterocycles. The highest BCUT2D eigenvalue weighted by atomic mass is 16.5. The molecule has 0 unspecified atom stereocenters. The minimum atomic E-state index is -0.389. The fourth-order valence-corrected chi connectivity index (χ4v) is 2.59. The van der Waals surface area contributed by atoms with Crippen molar-refractivity contribution in [3.63, 3.8) is 0 Å². The van der Waals surface area contributed by atoms with E-state index >= 15 is 0 Å². The van der Waals surface area contributed by atoms with E-state index in [1.54, 1.807) is 0 Å². The Morgan fingerprint density at radius 1 is 1.08 bits per heavy atom. The van der Waals surface area contributed by atoms with Crippen molar-refractivity contribution < 1.29 is 14.6 Å². The third kappa shape index (κ3) is 12.2. The van der Waals surface area contributed by atoms with E-state index in [-0.39, 0.29) is 12.1 Å². The fourth-order valence-electron chi connectivity index (χ4n) is 2.59. The van der Waals surface area contributed by atoms with E-state index in [1.165, 1.54) is 31.9 Å². The van der Waals surface area contributed by atoms with Gasteiger partial charge in [-0.2, -0.15) is 0 Å². The molecule has 1 atom stereocenters. The molecule has 0 aromatic heterocycles. The van der Waals surface area contributed by atoms with Crippen LogP contribution in [-0.2, 0) is 16.0 Å². The third-order valence-electron chi connectivity index (χ3n) is 4.13. The number of methoxy groups -OCH3 is 1. The van der Waals surface area contributed by atoms with Crippen LogP contribution in [0.2, 0.25) is 0 Å². The van der Waals surface area contributed by atoms with Crippen molar-refractivity contribution >= 4 is 5.97 Å². The van der Waals surface area contributed by atoms with Crippen molar-refractivity contribution in [1.29, 1.82) is 0 Å². The Hall–Kier alpha value is -1.87. The zero-order valence-electron chi connectivity index (χ0n) is 15.4. The molecule has 1 aromatic rings. The normalized spacial score (nSPS) is 12.7. The highest BCUT2D eigenvalue weighted by Crippen LogP contribution is 2.08. The van der Waals surface area contributed by atoms with Crippen LogP contribution in [0.15, 0.2) is 54.6 Å². The number of hydrogen-bond donors (Lipinski definition) is 1. The van der Waals surface area contributed by atoms with Crippen LogP contribution in [0.25, 0.3) is 0 Å². The third-order valence-corrected chi connectivity index (χ3v) is 4.13. The maximum atomic E-state index is 11.0. The molecule has 25 heavy (non-hydrogen) atoms. The number of carbonyl (C=O) groups excluding carboxylic acids is 1. The minimum Gasteiger partial charge on any atom is -0.469 e. The zero-order valence-corrected chi connectivity index (χ0v) is 15.4. The average Bonchev–Trinajstić information content (AvgIpc) is 2.65. The van der Waals surface area contributed by atoms with E-state index in [2.05, 4.69) is 22.9 Å². The number of benzene rings is 1. The van der Waals surface area contributed by atoms with Gasteiger partial charge in [-0.05, 0) is 37.7 Å². The van der Waals surface area contributed by atoms with E-state index in [9.17, 15) is 9.90 Å². The number of carbonyl (C=O) groups is 1. The first-order valence-corrected chi connectivity index (χ1v) is 9.34. The zero-order chi connectivity index (χ0) is 18.2. The first-order chi connectivity index (χ1) is 12.2. The van der Waals surface area contributed by atoms with E-state index in [1.807, 2.05) is 36.4 Å². The number of ether oxygens (including phenoxy) is 1. The molecular formula is C22H32O3. The molecule has 3 nitrogen and oxygen atoms in total. The molecule has 0 aliphatic carbocycles. The molecule has 0 heterocycles. The minimum absolute atomic E-state index is 0.110. The number of aliphatic hydroxyl groups is 1. The Labute approximate surface area is 152 Å². The molecule has 0 saturated carbocycles. The summed E-state index contributed by atoms with van der Waals surface area (Å²) in [7, 11) is 1.44. The lowest BCUT2D eigenvalue weighted by molar-refractivity contribution is -0.140. The van der Waals surface area contributed by atoms with Crippen LogP contribution in [-0.4, -0.2) is 24.3 Å². The van der Waals surface area contributed by atoms with Gasteiger partial charge in [0.2, 0.25) is 0 Å². The largest absolute Gasteiger partial charge is 0.469 e. The van der Waals surface area contributed by atoms with Crippen molar-refractivity contribution in [3.05, 3.63) is 60.2 Å². The molecule has 3 heteroatoms. The highest BCUT2D eigenvalue weighted by Gasteiger charge is 1.99. The molecular weight excluding hydrogens is 312 g/mol. The van der Waals surface area contributed by atoms with Gasteiger partial charge in [-0.3, -0.25) is 4.79 Å². The Morgan fingerprint density at radius 3 is 2.56 bits per heavy atom. The maximum Gasteiger partial charge on any atom is 0.305 e. The summed E-state index contributed by atoms with van der Waals surface area (Å²) in [5.74, 6) is -0.110. The highest BCUT2D eigenvalue weighted by molar-refractivity contribution is 5.68. The lowest BCUT2D eigenvalue weighted by Crippen LogP contribution is -2.03. The molecule has 0 saturated heterocycles. The molecule has 0 radical (unpaired) electrons. The van der Waals surface area contributed by atoms with Gasteiger partial charge in [0.05, 0.1) is 13.2 Å². The average molecular weight is 344 g/mol. The smallest absolute Gasteiger partial charge is 0.305 e. The van der Waals surface area contributed by atoms with E-state index in [4.69, 9.17) is 0 Å². The number of aliphatic hydroxyl groups excluding tert-OH is 1. The van der Waals surface area contributed by atoms with Crippen LogP contribution < -0.4 is 0 Å². The molecule has 1 aromatic carbocycles. The lowest BCUT2D eigenvalue weighted by Gasteiger charge is -2.04. The lowest BCUT2D eigenvalue weighted by atomic mass is 10.1. The molecule has 138 valence electrons. The summed E-state index contributed by atoms with van der Waals surface area (Å²) in [6.45, 7) is 0. The second-order valence-corrected chi connectivity index (χ2v) is 6.29. The monoisotopic (exact) mass is 344 g/mol. The fraction of sp³-hybridized carbons (Fsp3) is 0.500. The second kappa shape index (κ2) is 14.5.